The number of nitrogens with one attached hydrogen (secondary N) is 3. The number of aryl methyl sites for hydroxylation is 1. The first-order valence-electron chi connectivity index (χ1n) is 6.54. The van der Waals surface area contributed by atoms with Crippen LogP contribution in [0.5, 0.6) is 0 Å². The Balaban J connectivity index is 1.84. The highest BCUT2D eigenvalue weighted by molar-refractivity contribution is 6.39. The SMILES string of the molecule is Cc1ccc(NC(=O)C(=O)NC2CCNCC2)cc1. The van der Waals surface area contributed by atoms with Crippen molar-refractivity contribution in [3.05, 3.63) is 29.8 Å². The maximum atomic E-state index is 11.7. The molecular formula is C14H19N3O2. The highest BCUT2D eigenvalue weighted by atomic mass is 16.2. The number of hydrogen-bond acceptors (Lipinski definition) is 3. The van der Waals surface area contributed by atoms with Crippen molar-refractivity contribution in [1.82, 2.24) is 10.6 Å². The molecule has 0 bridgehead atoms. The smallest absolute Gasteiger partial charge is 0.313 e. The van der Waals surface area contributed by atoms with Crippen LogP contribution in [-0.4, -0.2) is 30.9 Å². The first kappa shape index (κ1) is 13.5. The van der Waals surface area contributed by atoms with Gasteiger partial charge in [-0.1, -0.05) is 17.7 Å². The highest BCUT2D eigenvalue weighted by Gasteiger charge is 2.20. The molecule has 1 aromatic carbocycles. The number of rotatable bonds is 2. The summed E-state index contributed by atoms with van der Waals surface area (Å²) in [5.74, 6) is -1.17. The van der Waals surface area contributed by atoms with Crippen LogP contribution in [-0.2, 0) is 9.59 Å². The number of piperidine rings is 1. The number of carbonyl (C=O) groups excluding carboxylic acids is 2. The summed E-state index contributed by atoms with van der Waals surface area (Å²) in [7, 11) is 0. The van der Waals surface area contributed by atoms with Gasteiger partial charge in [0.25, 0.3) is 0 Å². The summed E-state index contributed by atoms with van der Waals surface area (Å²) in [6, 6.07) is 7.44. The molecule has 2 rings (SSSR count). The van der Waals surface area contributed by atoms with E-state index in [0.29, 0.717) is 5.69 Å². The molecule has 0 aliphatic carbocycles. The zero-order valence-electron chi connectivity index (χ0n) is 11.0. The largest absolute Gasteiger partial charge is 0.345 e. The highest BCUT2D eigenvalue weighted by Crippen LogP contribution is 2.08. The molecule has 0 atom stereocenters. The van der Waals surface area contributed by atoms with E-state index in [1.54, 1.807) is 12.1 Å². The second-order valence-corrected chi connectivity index (χ2v) is 4.82. The molecule has 19 heavy (non-hydrogen) atoms. The first-order chi connectivity index (χ1) is 9.15. The van der Waals surface area contributed by atoms with Crippen LogP contribution >= 0.6 is 0 Å². The van der Waals surface area contributed by atoms with E-state index < -0.39 is 11.8 Å². The summed E-state index contributed by atoms with van der Waals surface area (Å²) >= 11 is 0. The maximum absolute atomic E-state index is 11.7. The summed E-state index contributed by atoms with van der Waals surface area (Å²) in [6.07, 6.45) is 1.73. The number of hydrogen-bond donors (Lipinski definition) is 3. The van der Waals surface area contributed by atoms with E-state index in [2.05, 4.69) is 16.0 Å². The molecule has 3 N–H and O–H groups in total. The molecule has 102 valence electrons. The predicted molar refractivity (Wildman–Crippen MR) is 73.8 cm³/mol. The Hall–Kier alpha value is -1.88. The Bertz CT molecular complexity index is 450. The van der Waals surface area contributed by atoms with E-state index in [9.17, 15) is 9.59 Å². The number of amides is 2. The standard InChI is InChI=1S/C14H19N3O2/c1-10-2-4-11(5-3-10)16-13(18)14(19)17-12-6-8-15-9-7-12/h2-5,12,15H,6-9H2,1H3,(H,16,18)(H,17,19). The van der Waals surface area contributed by atoms with Crippen LogP contribution in [0.3, 0.4) is 0 Å². The van der Waals surface area contributed by atoms with Gasteiger partial charge in [0.2, 0.25) is 0 Å². The van der Waals surface area contributed by atoms with Crippen LogP contribution in [0.4, 0.5) is 5.69 Å². The van der Waals surface area contributed by atoms with Gasteiger partial charge in [-0.3, -0.25) is 9.59 Å². The van der Waals surface area contributed by atoms with Gasteiger partial charge in [0.15, 0.2) is 0 Å². The van der Waals surface area contributed by atoms with Crippen LogP contribution in [0.15, 0.2) is 24.3 Å². The lowest BCUT2D eigenvalue weighted by Gasteiger charge is -2.23. The molecule has 0 saturated carbocycles. The van der Waals surface area contributed by atoms with E-state index >= 15 is 0 Å². The van der Waals surface area contributed by atoms with Crippen LogP contribution in [0.1, 0.15) is 18.4 Å². The molecule has 1 aliphatic heterocycles. The van der Waals surface area contributed by atoms with Crippen molar-refractivity contribution in [3.8, 4) is 0 Å². The van der Waals surface area contributed by atoms with E-state index in [4.69, 9.17) is 0 Å². The molecule has 0 unspecified atom stereocenters. The minimum atomic E-state index is -0.609. The van der Waals surface area contributed by atoms with Gasteiger partial charge >= 0.3 is 11.8 Å². The Morgan fingerprint density at radius 2 is 1.74 bits per heavy atom. The second-order valence-electron chi connectivity index (χ2n) is 4.82. The lowest BCUT2D eigenvalue weighted by molar-refractivity contribution is -0.136. The summed E-state index contributed by atoms with van der Waals surface area (Å²) in [6.45, 7) is 3.73. The fourth-order valence-corrected chi connectivity index (χ4v) is 2.04. The zero-order chi connectivity index (χ0) is 13.7. The van der Waals surface area contributed by atoms with Crippen LogP contribution in [0, 0.1) is 6.92 Å². The van der Waals surface area contributed by atoms with Gasteiger partial charge < -0.3 is 16.0 Å². The number of carbonyl (C=O) groups is 2. The first-order valence-corrected chi connectivity index (χ1v) is 6.54. The predicted octanol–water partition coefficient (Wildman–Crippen LogP) is 0.802. The quantitative estimate of drug-likeness (QED) is 0.690. The van der Waals surface area contributed by atoms with Gasteiger partial charge in [-0.15, -0.1) is 0 Å². The third kappa shape index (κ3) is 4.06. The minimum absolute atomic E-state index is 0.0949. The molecule has 2 amide bonds. The molecule has 1 fully saturated rings. The normalized spacial score (nSPS) is 15.8. The summed E-state index contributed by atoms with van der Waals surface area (Å²) in [5, 5.41) is 8.56. The molecule has 0 aromatic heterocycles. The summed E-state index contributed by atoms with van der Waals surface area (Å²) in [5.41, 5.74) is 1.74. The monoisotopic (exact) mass is 261 g/mol. The van der Waals surface area contributed by atoms with E-state index in [0.717, 1.165) is 31.5 Å². The number of benzene rings is 1. The van der Waals surface area contributed by atoms with E-state index in [-0.39, 0.29) is 6.04 Å². The fraction of sp³-hybridized carbons (Fsp3) is 0.429. The van der Waals surface area contributed by atoms with Crippen molar-refractivity contribution in [2.45, 2.75) is 25.8 Å². The zero-order valence-corrected chi connectivity index (χ0v) is 11.0. The average Bonchev–Trinajstić information content (AvgIpc) is 2.42. The Morgan fingerprint density at radius 1 is 1.11 bits per heavy atom. The molecule has 0 radical (unpaired) electrons. The van der Waals surface area contributed by atoms with Crippen molar-refractivity contribution in [3.63, 3.8) is 0 Å². The van der Waals surface area contributed by atoms with Crippen LogP contribution < -0.4 is 16.0 Å². The van der Waals surface area contributed by atoms with Crippen molar-refractivity contribution in [2.75, 3.05) is 18.4 Å². The van der Waals surface area contributed by atoms with Gasteiger partial charge in [-0.05, 0) is 45.0 Å². The molecule has 0 spiro atoms. The molecule has 1 aromatic rings. The number of anilines is 1. The van der Waals surface area contributed by atoms with Crippen molar-refractivity contribution in [1.29, 1.82) is 0 Å². The minimum Gasteiger partial charge on any atom is -0.345 e. The molecule has 1 saturated heterocycles. The third-order valence-electron chi connectivity index (χ3n) is 3.19. The van der Waals surface area contributed by atoms with Gasteiger partial charge in [-0.25, -0.2) is 0 Å². The maximum Gasteiger partial charge on any atom is 0.313 e. The van der Waals surface area contributed by atoms with Crippen LogP contribution in [0.25, 0.3) is 0 Å². The Kier molecular flexibility index (Phi) is 4.52. The average molecular weight is 261 g/mol. The summed E-state index contributed by atoms with van der Waals surface area (Å²) < 4.78 is 0. The van der Waals surface area contributed by atoms with Gasteiger partial charge in [0.1, 0.15) is 0 Å². The van der Waals surface area contributed by atoms with Gasteiger partial charge in [0.05, 0.1) is 0 Å². The topological polar surface area (TPSA) is 70.2 Å². The molecular weight excluding hydrogens is 242 g/mol. The van der Waals surface area contributed by atoms with Gasteiger partial charge in [0, 0.05) is 11.7 Å². The second kappa shape index (κ2) is 6.33. The fourth-order valence-electron chi connectivity index (χ4n) is 2.04. The van der Waals surface area contributed by atoms with Gasteiger partial charge in [-0.2, -0.15) is 0 Å². The third-order valence-corrected chi connectivity index (χ3v) is 3.19. The van der Waals surface area contributed by atoms with Crippen molar-refractivity contribution in [2.24, 2.45) is 0 Å². The van der Waals surface area contributed by atoms with Crippen molar-refractivity contribution < 1.29 is 9.59 Å². The lowest BCUT2D eigenvalue weighted by atomic mass is 10.1. The van der Waals surface area contributed by atoms with E-state index in [1.807, 2.05) is 19.1 Å². The summed E-state index contributed by atoms with van der Waals surface area (Å²) in [4.78, 5) is 23.5. The Morgan fingerprint density at radius 3 is 2.37 bits per heavy atom. The molecule has 1 heterocycles. The molecule has 1 aliphatic rings. The Labute approximate surface area is 112 Å². The molecule has 5 nitrogen and oxygen atoms in total. The van der Waals surface area contributed by atoms with E-state index in [1.165, 1.54) is 0 Å². The van der Waals surface area contributed by atoms with Crippen LogP contribution in [0.2, 0.25) is 0 Å². The van der Waals surface area contributed by atoms with Crippen molar-refractivity contribution >= 4 is 17.5 Å². The lowest BCUT2D eigenvalue weighted by Crippen LogP contribution is -2.46. The molecule has 5 heteroatoms.